The summed E-state index contributed by atoms with van der Waals surface area (Å²) in [7, 11) is -3.91. The Bertz CT molecular complexity index is 737. The molecule has 0 heterocycles. The highest BCUT2D eigenvalue weighted by Gasteiger charge is 2.44. The van der Waals surface area contributed by atoms with Gasteiger partial charge in [0.2, 0.25) is 0 Å². The van der Waals surface area contributed by atoms with Gasteiger partial charge in [0.1, 0.15) is 10.3 Å². The third-order valence-electron chi connectivity index (χ3n) is 3.17. The first-order valence-corrected chi connectivity index (χ1v) is 8.37. The smallest absolute Gasteiger partial charge is 0.282 e. The van der Waals surface area contributed by atoms with E-state index < -0.39 is 20.3 Å². The van der Waals surface area contributed by atoms with Crippen LogP contribution in [0.25, 0.3) is 0 Å². The lowest BCUT2D eigenvalue weighted by Crippen LogP contribution is -2.46. The number of ketones is 1. The number of alkyl halides is 2. The summed E-state index contributed by atoms with van der Waals surface area (Å²) < 4.78 is 28.4. The van der Waals surface area contributed by atoms with Gasteiger partial charge in [0.05, 0.1) is 10.6 Å². The maximum Gasteiger partial charge on any atom is 0.282 e. The van der Waals surface area contributed by atoms with Crippen LogP contribution in [0.5, 0.6) is 0 Å². The van der Waals surface area contributed by atoms with E-state index in [1.165, 1.54) is 25.1 Å². The Hall–Kier alpha value is -1.17. The van der Waals surface area contributed by atoms with Crippen molar-refractivity contribution in [1.82, 2.24) is 0 Å². The number of sulfonamides is 1. The zero-order valence-corrected chi connectivity index (χ0v) is 13.7. The van der Waals surface area contributed by atoms with E-state index in [-0.39, 0.29) is 16.4 Å². The van der Waals surface area contributed by atoms with E-state index in [1.807, 2.05) is 0 Å². The van der Waals surface area contributed by atoms with Crippen LogP contribution in [-0.4, -0.2) is 30.2 Å². The molecule has 0 bridgehead atoms. The molecular weight excluding hydrogens is 333 g/mol. The van der Waals surface area contributed by atoms with Crippen molar-refractivity contribution in [2.24, 2.45) is 4.40 Å². The summed E-state index contributed by atoms with van der Waals surface area (Å²) in [5.74, 6) is -0.359. The second-order valence-corrected chi connectivity index (χ2v) is 7.72. The molecule has 0 aliphatic heterocycles. The maximum absolute atomic E-state index is 12.3. The normalized spacial score (nSPS) is 28.6. The fraction of sp³-hybridized carbons (Fsp3) is 0.286. The Kier molecular flexibility index (Phi) is 4.29. The van der Waals surface area contributed by atoms with Crippen molar-refractivity contribution in [2.75, 3.05) is 0 Å². The average molecular weight is 346 g/mol. The second kappa shape index (κ2) is 5.55. The van der Waals surface area contributed by atoms with E-state index in [2.05, 4.69) is 4.40 Å². The van der Waals surface area contributed by atoms with Crippen LogP contribution < -0.4 is 0 Å². The van der Waals surface area contributed by atoms with Crippen molar-refractivity contribution < 1.29 is 13.2 Å². The van der Waals surface area contributed by atoms with Crippen LogP contribution in [-0.2, 0) is 14.8 Å². The van der Waals surface area contributed by atoms with Gasteiger partial charge in [-0.15, -0.1) is 23.2 Å². The maximum atomic E-state index is 12.3. The third kappa shape index (κ3) is 3.05. The highest BCUT2D eigenvalue weighted by molar-refractivity contribution is 7.90. The lowest BCUT2D eigenvalue weighted by Gasteiger charge is -2.31. The van der Waals surface area contributed by atoms with Gasteiger partial charge in [-0.3, -0.25) is 4.79 Å². The van der Waals surface area contributed by atoms with Gasteiger partial charge in [-0.2, -0.15) is 12.8 Å². The van der Waals surface area contributed by atoms with Gasteiger partial charge in [-0.25, -0.2) is 0 Å². The summed E-state index contributed by atoms with van der Waals surface area (Å²) in [5, 5.41) is -1.06. The van der Waals surface area contributed by atoms with Crippen molar-refractivity contribution in [3.05, 3.63) is 42.0 Å². The van der Waals surface area contributed by atoms with Crippen LogP contribution >= 0.6 is 23.2 Å². The number of rotatable bonds is 2. The van der Waals surface area contributed by atoms with E-state index in [4.69, 9.17) is 23.2 Å². The van der Waals surface area contributed by atoms with Gasteiger partial charge >= 0.3 is 0 Å². The summed E-state index contributed by atoms with van der Waals surface area (Å²) in [6.45, 7) is 3.07. The van der Waals surface area contributed by atoms with Crippen molar-refractivity contribution in [3.8, 4) is 0 Å². The number of carbonyl (C=O) groups is 1. The first-order valence-electron chi connectivity index (χ1n) is 6.12. The molecule has 0 spiro atoms. The average Bonchev–Trinajstić information content (AvgIpc) is 2.43. The molecule has 2 unspecified atom stereocenters. The van der Waals surface area contributed by atoms with Crippen molar-refractivity contribution >= 4 is 44.7 Å². The first kappa shape index (κ1) is 16.2. The van der Waals surface area contributed by atoms with E-state index >= 15 is 0 Å². The van der Waals surface area contributed by atoms with E-state index in [1.54, 1.807) is 25.1 Å². The van der Waals surface area contributed by atoms with Crippen LogP contribution in [0.3, 0.4) is 0 Å². The van der Waals surface area contributed by atoms with Crippen molar-refractivity contribution in [2.45, 2.75) is 29.0 Å². The predicted molar refractivity (Wildman–Crippen MR) is 83.7 cm³/mol. The first-order chi connectivity index (χ1) is 9.66. The summed E-state index contributed by atoms with van der Waals surface area (Å²) in [6, 6.07) is 7.79. The number of hydrogen-bond donors (Lipinski definition) is 0. The molecule has 0 radical (unpaired) electrons. The van der Waals surface area contributed by atoms with Gasteiger partial charge in [0, 0.05) is 0 Å². The molecule has 0 N–H and O–H groups in total. The molecule has 0 saturated heterocycles. The Labute approximate surface area is 133 Å². The number of hydrogen-bond acceptors (Lipinski definition) is 3. The number of nitrogens with zero attached hydrogens (tertiary/aromatic N) is 1. The fourth-order valence-corrected chi connectivity index (χ4v) is 3.75. The van der Waals surface area contributed by atoms with Gasteiger partial charge < -0.3 is 0 Å². The molecule has 0 fully saturated rings. The lowest BCUT2D eigenvalue weighted by atomic mass is 9.87. The Morgan fingerprint density at radius 3 is 2.38 bits per heavy atom. The molecule has 21 heavy (non-hydrogen) atoms. The minimum Gasteiger partial charge on any atom is -0.293 e. The van der Waals surface area contributed by atoms with Gasteiger partial charge in [0.15, 0.2) is 5.78 Å². The van der Waals surface area contributed by atoms with Gasteiger partial charge in [0.25, 0.3) is 10.0 Å². The summed E-state index contributed by atoms with van der Waals surface area (Å²) >= 11 is 12.3. The molecule has 7 heteroatoms. The summed E-state index contributed by atoms with van der Waals surface area (Å²) in [6.07, 6.45) is 1.27. The largest absolute Gasteiger partial charge is 0.293 e. The SMILES string of the molecule is CC1=CC(=O)C(Cl)C(C)(Cl)C1=NS(=O)(=O)c1ccccc1. The standard InChI is InChI=1S/C14H13Cl2NO3S/c1-9-8-11(18)12(15)14(2,16)13(9)17-21(19,20)10-6-4-3-5-7-10/h3-8,12H,1-2H3. The van der Waals surface area contributed by atoms with Crippen LogP contribution in [0.4, 0.5) is 0 Å². The third-order valence-corrected chi connectivity index (χ3v) is 5.62. The number of carbonyl (C=O) groups excluding carboxylic acids is 1. The molecule has 112 valence electrons. The van der Waals surface area contributed by atoms with Gasteiger partial charge in [-0.05, 0) is 37.6 Å². The predicted octanol–water partition coefficient (Wildman–Crippen LogP) is 2.95. The molecule has 1 aliphatic carbocycles. The summed E-state index contributed by atoms with van der Waals surface area (Å²) in [5.41, 5.74) is 0.488. The van der Waals surface area contributed by atoms with Crippen LogP contribution in [0.1, 0.15) is 13.8 Å². The topological polar surface area (TPSA) is 63.6 Å². The van der Waals surface area contributed by atoms with Crippen LogP contribution in [0, 0.1) is 0 Å². The highest BCUT2D eigenvalue weighted by atomic mass is 35.5. The minimum atomic E-state index is -3.91. The van der Waals surface area contributed by atoms with E-state index in [0.717, 1.165) is 0 Å². The van der Waals surface area contributed by atoms with Gasteiger partial charge in [-0.1, -0.05) is 18.2 Å². The number of benzene rings is 1. The minimum absolute atomic E-state index is 0.0563. The van der Waals surface area contributed by atoms with E-state index in [0.29, 0.717) is 5.57 Å². The molecule has 1 aromatic carbocycles. The molecule has 1 aliphatic rings. The zero-order chi connectivity index (χ0) is 15.8. The van der Waals surface area contributed by atoms with Crippen LogP contribution in [0.15, 0.2) is 51.3 Å². The Morgan fingerprint density at radius 1 is 1.24 bits per heavy atom. The molecular formula is C14H13Cl2NO3S. The van der Waals surface area contributed by atoms with Crippen molar-refractivity contribution in [1.29, 1.82) is 0 Å². The second-order valence-electron chi connectivity index (χ2n) is 4.90. The Balaban J connectivity index is 2.59. The van der Waals surface area contributed by atoms with Crippen LogP contribution in [0.2, 0.25) is 0 Å². The lowest BCUT2D eigenvalue weighted by molar-refractivity contribution is -0.114. The highest BCUT2D eigenvalue weighted by Crippen LogP contribution is 2.34. The molecule has 4 nitrogen and oxygen atoms in total. The number of halogens is 2. The molecule has 0 aromatic heterocycles. The molecule has 2 atom stereocenters. The monoisotopic (exact) mass is 345 g/mol. The molecule has 1 aromatic rings. The Morgan fingerprint density at radius 2 is 1.81 bits per heavy atom. The summed E-state index contributed by atoms with van der Waals surface area (Å²) in [4.78, 5) is 10.4. The van der Waals surface area contributed by atoms with E-state index in [9.17, 15) is 13.2 Å². The molecule has 0 amide bonds. The molecule has 0 saturated carbocycles. The zero-order valence-electron chi connectivity index (χ0n) is 11.4. The van der Waals surface area contributed by atoms with Crippen molar-refractivity contribution in [3.63, 3.8) is 0 Å². The fourth-order valence-electron chi connectivity index (χ4n) is 2.05. The molecule has 2 rings (SSSR count). The number of allylic oxidation sites excluding steroid dienone is 2. The quantitative estimate of drug-likeness (QED) is 0.774.